The molecular weight excluding hydrogens is 328 g/mol. The molecule has 1 saturated heterocycles. The summed E-state index contributed by atoms with van der Waals surface area (Å²) in [6, 6.07) is 9.18. The lowest BCUT2D eigenvalue weighted by molar-refractivity contribution is -0.120. The number of aryl methyl sites for hydroxylation is 1. The molecule has 0 atom stereocenters. The fourth-order valence-electron chi connectivity index (χ4n) is 2.91. The summed E-state index contributed by atoms with van der Waals surface area (Å²) in [6.07, 6.45) is 1.44. The molecular formula is C17H17ClN4O2. The van der Waals surface area contributed by atoms with E-state index in [4.69, 9.17) is 16.1 Å². The van der Waals surface area contributed by atoms with E-state index in [1.165, 1.54) is 0 Å². The Morgan fingerprint density at radius 1 is 1.42 bits per heavy atom. The highest BCUT2D eigenvalue weighted by atomic mass is 35.5. The molecule has 6 nitrogen and oxygen atoms in total. The Morgan fingerprint density at radius 2 is 2.17 bits per heavy atom. The van der Waals surface area contributed by atoms with E-state index in [0.29, 0.717) is 35.3 Å². The number of amides is 1. The summed E-state index contributed by atoms with van der Waals surface area (Å²) in [5.41, 5.74) is 1.43. The minimum absolute atomic E-state index is 0.0421. The number of nitriles is 1. The van der Waals surface area contributed by atoms with Gasteiger partial charge in [0, 0.05) is 30.1 Å². The molecule has 7 heteroatoms. The van der Waals surface area contributed by atoms with Gasteiger partial charge in [0.2, 0.25) is 5.91 Å². The van der Waals surface area contributed by atoms with Crippen LogP contribution in [0.5, 0.6) is 0 Å². The van der Waals surface area contributed by atoms with E-state index in [2.05, 4.69) is 21.4 Å². The van der Waals surface area contributed by atoms with Crippen LogP contribution in [0, 0.1) is 24.2 Å². The molecule has 1 aromatic carbocycles. The second-order valence-electron chi connectivity index (χ2n) is 5.85. The molecule has 1 aliphatic heterocycles. The van der Waals surface area contributed by atoms with Crippen molar-refractivity contribution in [2.24, 2.45) is 5.92 Å². The standard InChI is InChI=1S/C17H17ClN4O2/c1-11-8-16(21-24-11)20-17(23)12-4-6-22(7-5-12)15-3-2-14(18)9-13(15)10-19/h2-3,8-9,12H,4-7H2,1H3,(H,20,21,23). The van der Waals surface area contributed by atoms with Crippen molar-refractivity contribution < 1.29 is 9.32 Å². The molecule has 3 rings (SSSR count). The summed E-state index contributed by atoms with van der Waals surface area (Å²) in [5, 5.41) is 16.4. The number of nitrogens with zero attached hydrogens (tertiary/aromatic N) is 3. The van der Waals surface area contributed by atoms with Crippen LogP contribution < -0.4 is 10.2 Å². The number of carbonyl (C=O) groups excluding carboxylic acids is 1. The molecule has 0 radical (unpaired) electrons. The Morgan fingerprint density at radius 3 is 2.79 bits per heavy atom. The lowest BCUT2D eigenvalue weighted by atomic mass is 9.95. The molecule has 24 heavy (non-hydrogen) atoms. The first-order valence-corrected chi connectivity index (χ1v) is 8.13. The van der Waals surface area contributed by atoms with E-state index < -0.39 is 0 Å². The number of hydrogen-bond donors (Lipinski definition) is 1. The quantitative estimate of drug-likeness (QED) is 0.923. The topological polar surface area (TPSA) is 82.2 Å². The zero-order valence-electron chi connectivity index (χ0n) is 13.3. The van der Waals surface area contributed by atoms with Crippen molar-refractivity contribution in [3.05, 3.63) is 40.6 Å². The van der Waals surface area contributed by atoms with Crippen LogP contribution in [0.3, 0.4) is 0 Å². The van der Waals surface area contributed by atoms with Gasteiger partial charge in [-0.2, -0.15) is 5.26 Å². The number of aromatic nitrogens is 1. The van der Waals surface area contributed by atoms with Gasteiger partial charge in [-0.15, -0.1) is 0 Å². The number of rotatable bonds is 3. The minimum Gasteiger partial charge on any atom is -0.370 e. The highest BCUT2D eigenvalue weighted by Gasteiger charge is 2.26. The van der Waals surface area contributed by atoms with E-state index in [0.717, 1.165) is 18.5 Å². The smallest absolute Gasteiger partial charge is 0.228 e. The Hall–Kier alpha value is -2.52. The summed E-state index contributed by atoms with van der Waals surface area (Å²) >= 11 is 5.94. The second kappa shape index (κ2) is 6.93. The maximum absolute atomic E-state index is 12.3. The number of benzene rings is 1. The van der Waals surface area contributed by atoms with Gasteiger partial charge in [0.25, 0.3) is 0 Å². The number of halogens is 1. The Kier molecular flexibility index (Phi) is 4.72. The van der Waals surface area contributed by atoms with Crippen molar-refractivity contribution in [3.8, 4) is 6.07 Å². The molecule has 0 spiro atoms. The van der Waals surface area contributed by atoms with Crippen LogP contribution in [0.4, 0.5) is 11.5 Å². The van der Waals surface area contributed by atoms with Crippen molar-refractivity contribution >= 4 is 29.0 Å². The summed E-state index contributed by atoms with van der Waals surface area (Å²) in [4.78, 5) is 14.4. The molecule has 2 aromatic rings. The maximum Gasteiger partial charge on any atom is 0.228 e. The van der Waals surface area contributed by atoms with E-state index >= 15 is 0 Å². The second-order valence-corrected chi connectivity index (χ2v) is 6.28. The summed E-state index contributed by atoms with van der Waals surface area (Å²) in [5.74, 6) is 0.993. The van der Waals surface area contributed by atoms with Gasteiger partial charge in [-0.3, -0.25) is 4.79 Å². The van der Waals surface area contributed by atoms with Gasteiger partial charge in [0.1, 0.15) is 11.8 Å². The third-order valence-electron chi connectivity index (χ3n) is 4.16. The Labute approximate surface area is 145 Å². The molecule has 1 N–H and O–H groups in total. The van der Waals surface area contributed by atoms with Crippen molar-refractivity contribution in [2.45, 2.75) is 19.8 Å². The van der Waals surface area contributed by atoms with Crippen LogP contribution in [0.2, 0.25) is 5.02 Å². The fraction of sp³-hybridized carbons (Fsp3) is 0.353. The molecule has 1 amide bonds. The van der Waals surface area contributed by atoms with Gasteiger partial charge >= 0.3 is 0 Å². The Balaban J connectivity index is 1.61. The minimum atomic E-state index is -0.0731. The number of anilines is 2. The largest absolute Gasteiger partial charge is 0.370 e. The van der Waals surface area contributed by atoms with Gasteiger partial charge in [0.15, 0.2) is 5.82 Å². The summed E-state index contributed by atoms with van der Waals surface area (Å²) < 4.78 is 4.95. The van der Waals surface area contributed by atoms with Crippen LogP contribution >= 0.6 is 11.6 Å². The van der Waals surface area contributed by atoms with E-state index in [1.807, 2.05) is 6.07 Å². The summed E-state index contributed by atoms with van der Waals surface area (Å²) in [7, 11) is 0. The normalized spacial score (nSPS) is 15.1. The molecule has 1 aliphatic rings. The SMILES string of the molecule is Cc1cc(NC(=O)C2CCN(c3ccc(Cl)cc3C#N)CC2)no1. The molecule has 2 heterocycles. The monoisotopic (exact) mass is 344 g/mol. The number of carbonyl (C=O) groups is 1. The van der Waals surface area contributed by atoms with E-state index in [-0.39, 0.29) is 11.8 Å². The molecule has 0 unspecified atom stereocenters. The zero-order chi connectivity index (χ0) is 17.1. The molecule has 0 aliphatic carbocycles. The van der Waals surface area contributed by atoms with Crippen LogP contribution in [0.25, 0.3) is 0 Å². The van der Waals surface area contributed by atoms with Gasteiger partial charge in [-0.25, -0.2) is 0 Å². The lowest BCUT2D eigenvalue weighted by Crippen LogP contribution is -2.38. The molecule has 1 fully saturated rings. The van der Waals surface area contributed by atoms with Gasteiger partial charge in [-0.05, 0) is 38.0 Å². The predicted molar refractivity (Wildman–Crippen MR) is 91.0 cm³/mol. The average molecular weight is 345 g/mol. The first-order valence-electron chi connectivity index (χ1n) is 7.75. The van der Waals surface area contributed by atoms with Gasteiger partial charge in [0.05, 0.1) is 11.3 Å². The van der Waals surface area contributed by atoms with E-state index in [1.54, 1.807) is 25.1 Å². The Bertz CT molecular complexity index is 788. The molecule has 1 aromatic heterocycles. The molecule has 0 bridgehead atoms. The third-order valence-corrected chi connectivity index (χ3v) is 4.40. The van der Waals surface area contributed by atoms with Crippen LogP contribution in [-0.2, 0) is 4.79 Å². The van der Waals surface area contributed by atoms with Crippen molar-refractivity contribution in [3.63, 3.8) is 0 Å². The van der Waals surface area contributed by atoms with E-state index in [9.17, 15) is 10.1 Å². The highest BCUT2D eigenvalue weighted by molar-refractivity contribution is 6.30. The summed E-state index contributed by atoms with van der Waals surface area (Å²) in [6.45, 7) is 3.21. The average Bonchev–Trinajstić information content (AvgIpc) is 2.99. The van der Waals surface area contributed by atoms with Crippen molar-refractivity contribution in [1.29, 1.82) is 5.26 Å². The molecule has 124 valence electrons. The van der Waals surface area contributed by atoms with Crippen molar-refractivity contribution in [1.82, 2.24) is 5.16 Å². The number of piperidine rings is 1. The number of nitrogens with one attached hydrogen (secondary N) is 1. The predicted octanol–water partition coefficient (Wildman–Crippen LogP) is 3.36. The molecule has 0 saturated carbocycles. The van der Waals surface area contributed by atoms with Crippen LogP contribution in [0.15, 0.2) is 28.8 Å². The maximum atomic E-state index is 12.3. The number of hydrogen-bond acceptors (Lipinski definition) is 5. The van der Waals surface area contributed by atoms with Crippen LogP contribution in [0.1, 0.15) is 24.2 Å². The first-order chi connectivity index (χ1) is 11.6. The third kappa shape index (κ3) is 3.52. The van der Waals surface area contributed by atoms with Crippen LogP contribution in [-0.4, -0.2) is 24.2 Å². The van der Waals surface area contributed by atoms with Gasteiger partial charge < -0.3 is 14.7 Å². The lowest BCUT2D eigenvalue weighted by Gasteiger charge is -2.33. The van der Waals surface area contributed by atoms with Crippen molar-refractivity contribution in [2.75, 3.05) is 23.3 Å². The highest BCUT2D eigenvalue weighted by Crippen LogP contribution is 2.28. The fourth-order valence-corrected chi connectivity index (χ4v) is 3.08. The van der Waals surface area contributed by atoms with Gasteiger partial charge in [-0.1, -0.05) is 16.8 Å². The first kappa shape index (κ1) is 16.3. The zero-order valence-corrected chi connectivity index (χ0v) is 14.0.